The van der Waals surface area contributed by atoms with Gasteiger partial charge in [-0.25, -0.2) is 9.59 Å². The molecule has 0 N–H and O–H groups in total. The summed E-state index contributed by atoms with van der Waals surface area (Å²) in [4.78, 5) is 22.3. The molecule has 0 aliphatic heterocycles. The van der Waals surface area contributed by atoms with Crippen molar-refractivity contribution in [3.05, 3.63) is 42.2 Å². The fraction of sp³-hybridized carbons (Fsp3) is 0.167. The zero-order chi connectivity index (χ0) is 12.8. The van der Waals surface area contributed by atoms with Crippen LogP contribution in [0.5, 0.6) is 5.75 Å². The van der Waals surface area contributed by atoms with Crippen molar-refractivity contribution in [2.75, 3.05) is 14.2 Å². The van der Waals surface area contributed by atoms with Crippen molar-refractivity contribution in [3.8, 4) is 5.75 Å². The smallest absolute Gasteiger partial charge is 0.373 e. The average Bonchev–Trinajstić information content (AvgIpc) is 2.37. The highest BCUT2D eigenvalue weighted by Gasteiger charge is 2.11. The summed E-state index contributed by atoms with van der Waals surface area (Å²) in [6.45, 7) is 3.40. The van der Waals surface area contributed by atoms with Crippen LogP contribution >= 0.6 is 0 Å². The zero-order valence-corrected chi connectivity index (χ0v) is 9.56. The molecule has 0 bridgehead atoms. The summed E-state index contributed by atoms with van der Waals surface area (Å²) in [6, 6.07) is 6.20. The molecule has 0 radical (unpaired) electrons. The van der Waals surface area contributed by atoms with E-state index in [1.54, 1.807) is 18.2 Å². The fourth-order valence-electron chi connectivity index (χ4n) is 1.10. The zero-order valence-electron chi connectivity index (χ0n) is 9.56. The Morgan fingerprint density at radius 2 is 1.88 bits per heavy atom. The number of benzene rings is 1. The number of hydrogen-bond donors (Lipinski definition) is 0. The van der Waals surface area contributed by atoms with Crippen molar-refractivity contribution in [1.29, 1.82) is 0 Å². The summed E-state index contributed by atoms with van der Waals surface area (Å²) in [5, 5.41) is 0. The SMILES string of the molecule is C=C(Oc1cccc(C(=O)OC)c1)C(=O)OC. The third kappa shape index (κ3) is 3.34. The quantitative estimate of drug-likeness (QED) is 0.451. The molecule has 0 atom stereocenters. The van der Waals surface area contributed by atoms with Crippen molar-refractivity contribution in [1.82, 2.24) is 0 Å². The van der Waals surface area contributed by atoms with Gasteiger partial charge in [0.2, 0.25) is 5.76 Å². The van der Waals surface area contributed by atoms with E-state index in [4.69, 9.17) is 4.74 Å². The van der Waals surface area contributed by atoms with Gasteiger partial charge in [0.1, 0.15) is 5.75 Å². The molecule has 0 aromatic heterocycles. The van der Waals surface area contributed by atoms with E-state index in [1.165, 1.54) is 20.3 Å². The highest BCUT2D eigenvalue weighted by Crippen LogP contribution is 2.16. The first kappa shape index (κ1) is 12.8. The monoisotopic (exact) mass is 236 g/mol. The lowest BCUT2D eigenvalue weighted by Gasteiger charge is -2.07. The standard InChI is InChI=1S/C12H12O5/c1-8(11(13)15-2)17-10-6-4-5-9(7-10)12(14)16-3/h4-7H,1H2,2-3H3. The van der Waals surface area contributed by atoms with Crippen LogP contribution in [-0.2, 0) is 14.3 Å². The second kappa shape index (κ2) is 5.69. The van der Waals surface area contributed by atoms with Gasteiger partial charge in [0.25, 0.3) is 0 Å². The van der Waals surface area contributed by atoms with Gasteiger partial charge in [-0.1, -0.05) is 6.07 Å². The molecule has 0 unspecified atom stereocenters. The first-order valence-electron chi connectivity index (χ1n) is 4.72. The molecule has 0 aliphatic rings. The Morgan fingerprint density at radius 1 is 1.18 bits per heavy atom. The summed E-state index contributed by atoms with van der Waals surface area (Å²) in [5.41, 5.74) is 0.322. The van der Waals surface area contributed by atoms with Crippen LogP contribution < -0.4 is 4.74 Å². The molecule has 0 aliphatic carbocycles. The van der Waals surface area contributed by atoms with Crippen LogP contribution in [0.3, 0.4) is 0 Å². The molecule has 0 saturated carbocycles. The normalized spacial score (nSPS) is 9.29. The summed E-state index contributed by atoms with van der Waals surface area (Å²) in [6.07, 6.45) is 0. The molecule has 5 nitrogen and oxygen atoms in total. The molecule has 0 saturated heterocycles. The Kier molecular flexibility index (Phi) is 4.28. The highest BCUT2D eigenvalue weighted by atomic mass is 16.6. The number of esters is 2. The lowest BCUT2D eigenvalue weighted by molar-refractivity contribution is -0.138. The highest BCUT2D eigenvalue weighted by molar-refractivity contribution is 5.90. The molecule has 1 aromatic rings. The summed E-state index contributed by atoms with van der Waals surface area (Å²) < 4.78 is 14.1. The van der Waals surface area contributed by atoms with Gasteiger partial charge in [0.15, 0.2) is 0 Å². The van der Waals surface area contributed by atoms with E-state index in [9.17, 15) is 9.59 Å². The Bertz CT molecular complexity index is 450. The molecule has 90 valence electrons. The van der Waals surface area contributed by atoms with Crippen molar-refractivity contribution in [2.24, 2.45) is 0 Å². The van der Waals surface area contributed by atoms with E-state index in [-0.39, 0.29) is 5.76 Å². The van der Waals surface area contributed by atoms with Crippen molar-refractivity contribution in [2.45, 2.75) is 0 Å². The van der Waals surface area contributed by atoms with Gasteiger partial charge in [0, 0.05) is 0 Å². The van der Waals surface area contributed by atoms with Gasteiger partial charge < -0.3 is 14.2 Å². The lowest BCUT2D eigenvalue weighted by Crippen LogP contribution is -2.09. The third-order valence-corrected chi connectivity index (χ3v) is 1.91. The maximum absolute atomic E-state index is 11.2. The number of methoxy groups -OCH3 is 2. The second-order valence-corrected chi connectivity index (χ2v) is 3.04. The minimum atomic E-state index is -0.673. The Labute approximate surface area is 98.6 Å². The number of hydrogen-bond acceptors (Lipinski definition) is 5. The number of rotatable bonds is 4. The predicted octanol–water partition coefficient (Wildman–Crippen LogP) is 1.54. The van der Waals surface area contributed by atoms with E-state index in [2.05, 4.69) is 16.1 Å². The third-order valence-electron chi connectivity index (χ3n) is 1.91. The van der Waals surface area contributed by atoms with Gasteiger partial charge in [-0.15, -0.1) is 0 Å². The van der Waals surface area contributed by atoms with E-state index in [1.807, 2.05) is 0 Å². The lowest BCUT2D eigenvalue weighted by atomic mass is 10.2. The molecule has 0 fully saturated rings. The molecular weight excluding hydrogens is 224 g/mol. The maximum atomic E-state index is 11.2. The molecule has 0 amide bonds. The van der Waals surface area contributed by atoms with Crippen LogP contribution in [0, 0.1) is 0 Å². The van der Waals surface area contributed by atoms with Crippen molar-refractivity contribution in [3.63, 3.8) is 0 Å². The fourth-order valence-corrected chi connectivity index (χ4v) is 1.10. The van der Waals surface area contributed by atoms with Crippen LogP contribution in [-0.4, -0.2) is 26.2 Å². The van der Waals surface area contributed by atoms with Crippen molar-refractivity contribution >= 4 is 11.9 Å². The molecule has 0 spiro atoms. The van der Waals surface area contributed by atoms with Crippen LogP contribution in [0.1, 0.15) is 10.4 Å². The topological polar surface area (TPSA) is 61.8 Å². The van der Waals surface area contributed by atoms with E-state index in [0.717, 1.165) is 0 Å². The van der Waals surface area contributed by atoms with Gasteiger partial charge in [-0.2, -0.15) is 0 Å². The summed E-state index contributed by atoms with van der Waals surface area (Å²) in [5.74, 6) is -1.01. The summed E-state index contributed by atoms with van der Waals surface area (Å²) >= 11 is 0. The van der Waals surface area contributed by atoms with Crippen LogP contribution in [0.2, 0.25) is 0 Å². The Hall–Kier alpha value is -2.30. The average molecular weight is 236 g/mol. The van der Waals surface area contributed by atoms with Gasteiger partial charge in [-0.3, -0.25) is 0 Å². The van der Waals surface area contributed by atoms with Gasteiger partial charge in [-0.05, 0) is 24.8 Å². The number of ether oxygens (including phenoxy) is 3. The maximum Gasteiger partial charge on any atom is 0.373 e. The molecule has 1 aromatic carbocycles. The largest absolute Gasteiger partial charge is 0.465 e. The summed E-state index contributed by atoms with van der Waals surface area (Å²) in [7, 11) is 2.50. The molecule has 0 heterocycles. The van der Waals surface area contributed by atoms with Gasteiger partial charge in [0.05, 0.1) is 19.8 Å². The molecule has 5 heteroatoms. The van der Waals surface area contributed by atoms with E-state index >= 15 is 0 Å². The van der Waals surface area contributed by atoms with Crippen LogP contribution in [0.15, 0.2) is 36.6 Å². The minimum Gasteiger partial charge on any atom is -0.465 e. The molecular formula is C12H12O5. The van der Waals surface area contributed by atoms with Crippen LogP contribution in [0.25, 0.3) is 0 Å². The van der Waals surface area contributed by atoms with Crippen molar-refractivity contribution < 1.29 is 23.8 Å². The second-order valence-electron chi connectivity index (χ2n) is 3.04. The molecule has 17 heavy (non-hydrogen) atoms. The van der Waals surface area contributed by atoms with E-state index in [0.29, 0.717) is 11.3 Å². The number of carbonyl (C=O) groups is 2. The Balaban J connectivity index is 2.82. The van der Waals surface area contributed by atoms with Crippen LogP contribution in [0.4, 0.5) is 0 Å². The number of carbonyl (C=O) groups excluding carboxylic acids is 2. The minimum absolute atomic E-state index is 0.158. The van der Waals surface area contributed by atoms with Gasteiger partial charge >= 0.3 is 11.9 Å². The first-order chi connectivity index (χ1) is 8.08. The van der Waals surface area contributed by atoms with E-state index < -0.39 is 11.9 Å². The predicted molar refractivity (Wildman–Crippen MR) is 59.6 cm³/mol. The Morgan fingerprint density at radius 3 is 2.47 bits per heavy atom. The first-order valence-corrected chi connectivity index (χ1v) is 4.72. The molecule has 1 rings (SSSR count).